The highest BCUT2D eigenvalue weighted by Gasteiger charge is 2.30. The highest BCUT2D eigenvalue weighted by Crippen LogP contribution is 2.24. The van der Waals surface area contributed by atoms with E-state index in [4.69, 9.17) is 0 Å². The van der Waals surface area contributed by atoms with Gasteiger partial charge in [0.15, 0.2) is 21.5 Å². The summed E-state index contributed by atoms with van der Waals surface area (Å²) in [7, 11) is -4.38. The summed E-state index contributed by atoms with van der Waals surface area (Å²) in [5.74, 6) is -8.76. The largest absolute Gasteiger partial charge is 0.460 e. The summed E-state index contributed by atoms with van der Waals surface area (Å²) in [5.41, 5.74) is -1.23. The summed E-state index contributed by atoms with van der Waals surface area (Å²) in [6.07, 6.45) is 0.473. The molecule has 0 aliphatic carbocycles. The maximum atomic E-state index is 13.6. The van der Waals surface area contributed by atoms with Crippen LogP contribution in [0.5, 0.6) is 0 Å². The molecule has 1 aromatic rings. The number of hydrogen-bond donors (Lipinski definition) is 0. The number of halogens is 3. The fourth-order valence-corrected chi connectivity index (χ4v) is 2.22. The zero-order chi connectivity index (χ0) is 15.7. The average Bonchev–Trinajstić information content (AvgIpc) is 2.31. The molecule has 0 spiro atoms. The Bertz CT molecular complexity index is 682. The lowest BCUT2D eigenvalue weighted by Crippen LogP contribution is -2.21. The summed E-state index contributed by atoms with van der Waals surface area (Å²) in [5, 5.41) is 0. The van der Waals surface area contributed by atoms with Crippen molar-refractivity contribution in [3.8, 4) is 0 Å². The van der Waals surface area contributed by atoms with Crippen molar-refractivity contribution in [3.05, 3.63) is 29.1 Å². The minimum absolute atomic E-state index is 0.147. The first-order valence-corrected chi connectivity index (χ1v) is 7.09. The van der Waals surface area contributed by atoms with Gasteiger partial charge in [-0.3, -0.25) is 4.79 Å². The van der Waals surface area contributed by atoms with Crippen LogP contribution >= 0.6 is 0 Å². The molecular weight excluding hydrogens is 301 g/mol. The minimum atomic E-state index is -4.38. The van der Waals surface area contributed by atoms with Gasteiger partial charge in [-0.25, -0.2) is 26.4 Å². The molecule has 20 heavy (non-hydrogen) atoms. The van der Waals surface area contributed by atoms with Crippen LogP contribution < -0.4 is 0 Å². The van der Waals surface area contributed by atoms with Crippen LogP contribution in [-0.2, 0) is 19.4 Å². The summed E-state index contributed by atoms with van der Waals surface area (Å²) in [6.45, 7) is 1.17. The van der Waals surface area contributed by atoms with Gasteiger partial charge >= 0.3 is 5.97 Å². The minimum Gasteiger partial charge on any atom is -0.460 e. The van der Waals surface area contributed by atoms with Crippen molar-refractivity contribution in [1.82, 2.24) is 0 Å². The molecule has 0 unspecified atom stereocenters. The lowest BCUT2D eigenvalue weighted by atomic mass is 10.1. The molecule has 0 atom stereocenters. The van der Waals surface area contributed by atoms with Crippen LogP contribution in [0.15, 0.2) is 11.0 Å². The van der Waals surface area contributed by atoms with E-state index in [0.29, 0.717) is 6.26 Å². The van der Waals surface area contributed by atoms with E-state index in [-0.39, 0.29) is 12.7 Å². The second-order valence-electron chi connectivity index (χ2n) is 3.68. The van der Waals surface area contributed by atoms with Crippen molar-refractivity contribution in [2.24, 2.45) is 0 Å². The van der Waals surface area contributed by atoms with E-state index in [1.165, 1.54) is 6.92 Å². The van der Waals surface area contributed by atoms with Crippen LogP contribution in [0.2, 0.25) is 0 Å². The topological polar surface area (TPSA) is 77.5 Å². The van der Waals surface area contributed by atoms with Crippen molar-refractivity contribution < 1.29 is 35.9 Å². The molecule has 0 bridgehead atoms. The van der Waals surface area contributed by atoms with E-state index in [1.54, 1.807) is 0 Å². The van der Waals surface area contributed by atoms with E-state index >= 15 is 0 Å². The third-order valence-electron chi connectivity index (χ3n) is 2.19. The highest BCUT2D eigenvalue weighted by atomic mass is 32.2. The smallest absolute Gasteiger partial charge is 0.379 e. The van der Waals surface area contributed by atoms with E-state index in [2.05, 4.69) is 4.74 Å². The number of esters is 1. The van der Waals surface area contributed by atoms with Crippen LogP contribution in [0.25, 0.3) is 0 Å². The molecule has 0 aliphatic rings. The fourth-order valence-electron chi connectivity index (χ4n) is 1.39. The van der Waals surface area contributed by atoms with Gasteiger partial charge in [-0.2, -0.15) is 0 Å². The van der Waals surface area contributed by atoms with Gasteiger partial charge in [-0.15, -0.1) is 0 Å². The van der Waals surface area contributed by atoms with Gasteiger partial charge in [0.1, 0.15) is 10.7 Å². The van der Waals surface area contributed by atoms with Crippen molar-refractivity contribution in [3.63, 3.8) is 0 Å². The summed E-state index contributed by atoms with van der Waals surface area (Å²) >= 11 is 0. The van der Waals surface area contributed by atoms with Crippen molar-refractivity contribution in [2.45, 2.75) is 11.8 Å². The maximum absolute atomic E-state index is 13.6. The highest BCUT2D eigenvalue weighted by molar-refractivity contribution is 7.90. The molecule has 0 radical (unpaired) electrons. The molecule has 110 valence electrons. The SMILES string of the molecule is CCOC(=O)C(=O)c1cc(F)c(S(C)(=O)=O)c(F)c1F. The van der Waals surface area contributed by atoms with Crippen LogP contribution in [0, 0.1) is 17.5 Å². The Kier molecular flexibility index (Phi) is 4.53. The van der Waals surface area contributed by atoms with Gasteiger partial charge in [0.05, 0.1) is 12.2 Å². The number of benzene rings is 1. The first kappa shape index (κ1) is 16.2. The molecule has 0 N–H and O–H groups in total. The van der Waals surface area contributed by atoms with E-state index < -0.39 is 49.5 Å². The Morgan fingerprint density at radius 3 is 2.20 bits per heavy atom. The second-order valence-corrected chi connectivity index (χ2v) is 5.64. The maximum Gasteiger partial charge on any atom is 0.379 e. The number of carbonyl (C=O) groups is 2. The number of rotatable bonds is 4. The predicted molar refractivity (Wildman–Crippen MR) is 60.4 cm³/mol. The lowest BCUT2D eigenvalue weighted by molar-refractivity contribution is -0.137. The predicted octanol–water partition coefficient (Wildman–Crippen LogP) is 1.25. The van der Waals surface area contributed by atoms with Crippen LogP contribution in [0.4, 0.5) is 13.2 Å². The first-order chi connectivity index (χ1) is 9.11. The first-order valence-electron chi connectivity index (χ1n) is 5.20. The number of carbonyl (C=O) groups excluding carboxylic acids is 2. The number of hydrogen-bond acceptors (Lipinski definition) is 5. The van der Waals surface area contributed by atoms with E-state index in [0.717, 1.165) is 0 Å². The number of sulfone groups is 1. The Hall–Kier alpha value is -1.90. The van der Waals surface area contributed by atoms with Gasteiger partial charge in [-0.1, -0.05) is 0 Å². The summed E-state index contributed by atoms with van der Waals surface area (Å²) in [4.78, 5) is 21.0. The van der Waals surface area contributed by atoms with Gasteiger partial charge in [0, 0.05) is 6.26 Å². The fraction of sp³-hybridized carbons (Fsp3) is 0.273. The van der Waals surface area contributed by atoms with Crippen LogP contribution in [0.3, 0.4) is 0 Å². The molecule has 0 amide bonds. The molecule has 1 aromatic carbocycles. The third kappa shape index (κ3) is 2.98. The zero-order valence-electron chi connectivity index (χ0n) is 10.4. The molecule has 0 fully saturated rings. The Morgan fingerprint density at radius 2 is 1.75 bits per heavy atom. The molecule has 9 heteroatoms. The number of ketones is 1. The molecule has 0 saturated heterocycles. The molecule has 0 saturated carbocycles. The molecule has 0 heterocycles. The van der Waals surface area contributed by atoms with Crippen LogP contribution in [-0.4, -0.2) is 33.0 Å². The molecule has 5 nitrogen and oxygen atoms in total. The molecule has 1 rings (SSSR count). The van der Waals surface area contributed by atoms with Crippen LogP contribution in [0.1, 0.15) is 17.3 Å². The standard InChI is InChI=1S/C11H9F3O5S/c1-3-19-11(16)9(15)5-4-6(12)10(20(2,17)18)8(14)7(5)13/h4H,3H2,1-2H3. The monoisotopic (exact) mass is 310 g/mol. The molecular formula is C11H9F3O5S. The molecule has 0 aliphatic heterocycles. The number of Topliss-reactive ketones (excluding diaryl/α,β-unsaturated/α-hetero) is 1. The average molecular weight is 310 g/mol. The van der Waals surface area contributed by atoms with Gasteiger partial charge in [-0.05, 0) is 13.0 Å². The Labute approximate surface area is 112 Å². The number of ether oxygens (including phenoxy) is 1. The van der Waals surface area contributed by atoms with Crippen molar-refractivity contribution in [1.29, 1.82) is 0 Å². The second kappa shape index (κ2) is 5.61. The quantitative estimate of drug-likeness (QED) is 0.362. The normalized spacial score (nSPS) is 11.2. The van der Waals surface area contributed by atoms with Crippen molar-refractivity contribution in [2.75, 3.05) is 12.9 Å². The van der Waals surface area contributed by atoms with E-state index in [1.807, 2.05) is 0 Å². The summed E-state index contributed by atoms with van der Waals surface area (Å²) < 4.78 is 67.1. The van der Waals surface area contributed by atoms with Gasteiger partial charge in [0.25, 0.3) is 5.78 Å². The zero-order valence-corrected chi connectivity index (χ0v) is 11.2. The summed E-state index contributed by atoms with van der Waals surface area (Å²) in [6, 6.07) is 0.147. The van der Waals surface area contributed by atoms with E-state index in [9.17, 15) is 31.2 Å². The Morgan fingerprint density at radius 1 is 1.20 bits per heavy atom. The third-order valence-corrected chi connectivity index (χ3v) is 3.31. The van der Waals surface area contributed by atoms with Gasteiger partial charge < -0.3 is 4.74 Å². The lowest BCUT2D eigenvalue weighted by Gasteiger charge is -2.07. The Balaban J connectivity index is 3.49. The molecule has 0 aromatic heterocycles. The van der Waals surface area contributed by atoms with Gasteiger partial charge in [0.2, 0.25) is 0 Å². The van der Waals surface area contributed by atoms with Crippen molar-refractivity contribution >= 4 is 21.6 Å².